The lowest BCUT2D eigenvalue weighted by Crippen LogP contribution is -2.59. The summed E-state index contributed by atoms with van der Waals surface area (Å²) in [6, 6.07) is 9.57. The molecule has 5 aliphatic heterocycles. The van der Waals surface area contributed by atoms with E-state index < -0.39 is 125 Å². The predicted molar refractivity (Wildman–Crippen MR) is 374 cm³/mol. The normalized spacial score (nSPS) is 41.7. The van der Waals surface area contributed by atoms with E-state index in [0.29, 0.717) is 25.7 Å². The number of nitrogens with zero attached hydrogens (tertiary/aromatic N) is 2. The molecule has 1 aromatic carbocycles. The number of esters is 2. The second-order valence-corrected chi connectivity index (χ2v) is 33.2. The third-order valence-electron chi connectivity index (χ3n) is 23.0. The van der Waals surface area contributed by atoms with E-state index in [2.05, 4.69) is 84.4 Å². The largest absolute Gasteiger partial charge is 0.459 e. The Morgan fingerprint density at radius 2 is 1.30 bits per heavy atom. The summed E-state index contributed by atoms with van der Waals surface area (Å²) in [5.41, 5.74) is -4.40. The van der Waals surface area contributed by atoms with Crippen molar-refractivity contribution in [1.29, 1.82) is 0 Å². The molecule has 24 atom stereocenters. The van der Waals surface area contributed by atoms with Gasteiger partial charge in [-0.05, 0) is 153 Å². The maximum atomic E-state index is 14.6. The number of carbonyl (C=O) groups is 3. The molecule has 2 aromatic rings. The second kappa shape index (κ2) is 32.2. The number of benzene rings is 1. The first-order chi connectivity index (χ1) is 44.4. The number of nitrogens with one attached hydrogen (secondary N) is 1. The lowest BCUT2D eigenvalue weighted by molar-refractivity contribution is -0.309. The van der Waals surface area contributed by atoms with Crippen LogP contribution >= 0.6 is 0 Å². The first-order valence-corrected chi connectivity index (χ1v) is 36.0. The average Bonchev–Trinajstić information content (AvgIpc) is 1.48. The van der Waals surface area contributed by atoms with Crippen LogP contribution in [0.5, 0.6) is 0 Å². The average molecular weight is 1350 g/mol. The van der Waals surface area contributed by atoms with Crippen LogP contribution in [0.1, 0.15) is 203 Å². The van der Waals surface area contributed by atoms with Gasteiger partial charge in [-0.2, -0.15) is 0 Å². The van der Waals surface area contributed by atoms with E-state index >= 15 is 0 Å². The molecule has 1 aromatic heterocycles. The molecule has 19 nitrogen and oxygen atoms in total. The number of fused-ring (bicyclic) bond motifs is 4. The number of carbonyl (C=O) groups excluding carboxylic acids is 3. The van der Waals surface area contributed by atoms with Gasteiger partial charge in [0.1, 0.15) is 41.4 Å². The van der Waals surface area contributed by atoms with Gasteiger partial charge in [0.2, 0.25) is 0 Å². The summed E-state index contributed by atoms with van der Waals surface area (Å²) < 4.78 is 58.3. The number of cyclic esters (lactones) is 2. The van der Waals surface area contributed by atoms with Gasteiger partial charge in [0.05, 0.1) is 65.2 Å². The predicted octanol–water partition coefficient (Wildman–Crippen LogP) is 11.5. The van der Waals surface area contributed by atoms with Crippen molar-refractivity contribution in [1.82, 2.24) is 15.2 Å². The van der Waals surface area contributed by atoms with Crippen molar-refractivity contribution in [3.05, 3.63) is 48.2 Å². The monoisotopic (exact) mass is 1350 g/mol. The highest BCUT2D eigenvalue weighted by atomic mass is 16.7. The van der Waals surface area contributed by atoms with E-state index in [1.807, 2.05) is 98.0 Å². The van der Waals surface area contributed by atoms with Crippen molar-refractivity contribution in [3.63, 3.8) is 0 Å². The molecule has 0 unspecified atom stereocenters. The number of ketones is 1. The molecule has 548 valence electrons. The van der Waals surface area contributed by atoms with Gasteiger partial charge in [-0.3, -0.25) is 19.4 Å². The summed E-state index contributed by atoms with van der Waals surface area (Å²) in [7, 11) is 5.21. The summed E-state index contributed by atoms with van der Waals surface area (Å²) in [6.07, 6.45) is 1.53. The van der Waals surface area contributed by atoms with E-state index in [1.165, 1.54) is 0 Å². The SMILES string of the molecule is CC[C@H]1OC(=O)[C@H](C)[C@@H](O[C@H]2C[C@@](C)(OC)[C@@H](O)[C@H](C)O2)[C@H](C)[C@@H](C(C)(C)C)[C@](C)(OC)C[C@@H](C)C(=O)[C@H](C)[C@@H](OC/C=C/c2cnc3ccccc3c2)[C@]1(C)O.CC[C@H]1OC(=O)[C@H](C)[C@H]2OC3(CCNCC3)O[C@@](C)(C[C@@H](C)CN(C)[C@H](C)[C@@H](O)[C@]1(C)O)[C@H](C(C)(C)C)[C@H]2C. The topological polar surface area (TPSA) is 243 Å². The smallest absolute Gasteiger partial charge is 0.311 e. The lowest BCUT2D eigenvalue weighted by atomic mass is 9.60. The molecule has 5 fully saturated rings. The first-order valence-electron chi connectivity index (χ1n) is 36.0. The molecule has 0 radical (unpaired) electrons. The number of rotatable bonds is 10. The van der Waals surface area contributed by atoms with Gasteiger partial charge >= 0.3 is 11.9 Å². The molecule has 19 heteroatoms. The van der Waals surface area contributed by atoms with Crippen molar-refractivity contribution in [2.24, 2.45) is 64.1 Å². The summed E-state index contributed by atoms with van der Waals surface area (Å²) in [6.45, 7) is 46.2. The summed E-state index contributed by atoms with van der Waals surface area (Å²) in [5, 5.41) is 50.7. The van der Waals surface area contributed by atoms with Crippen LogP contribution in [0.15, 0.2) is 42.6 Å². The number of pyridine rings is 1. The lowest BCUT2D eigenvalue weighted by Gasteiger charge is -2.52. The van der Waals surface area contributed by atoms with Crippen molar-refractivity contribution in [2.45, 2.75) is 292 Å². The van der Waals surface area contributed by atoms with Gasteiger partial charge in [-0.25, -0.2) is 0 Å². The molecular formula is C77H129N3O16. The Morgan fingerprint density at radius 3 is 1.88 bits per heavy atom. The molecule has 6 heterocycles. The number of methoxy groups -OCH3 is 2. The van der Waals surface area contributed by atoms with Crippen LogP contribution in [0.3, 0.4) is 0 Å². The molecular weight excluding hydrogens is 1220 g/mol. The van der Waals surface area contributed by atoms with Crippen molar-refractivity contribution in [3.8, 4) is 0 Å². The number of piperidine rings is 1. The number of Topliss-reactive ketones (excluding diaryl/α,β-unsaturated/α-hetero) is 1. The quantitative estimate of drug-likeness (QED) is 0.139. The van der Waals surface area contributed by atoms with Crippen LogP contribution in [0.2, 0.25) is 0 Å². The first kappa shape index (κ1) is 81.4. The van der Waals surface area contributed by atoms with Crippen LogP contribution in [0, 0.1) is 64.1 Å². The van der Waals surface area contributed by atoms with E-state index in [9.17, 15) is 34.8 Å². The highest BCUT2D eigenvalue weighted by Gasteiger charge is 2.60. The Balaban J connectivity index is 0.000000326. The zero-order chi connectivity index (χ0) is 72.2. The van der Waals surface area contributed by atoms with Crippen molar-refractivity contribution < 1.29 is 77.4 Å². The molecule has 2 bridgehead atoms. The van der Waals surface area contributed by atoms with E-state index in [4.69, 9.17) is 42.6 Å². The van der Waals surface area contributed by atoms with Crippen LogP contribution in [-0.2, 0) is 57.0 Å². The zero-order valence-corrected chi connectivity index (χ0v) is 63.4. The van der Waals surface area contributed by atoms with Crippen LogP contribution in [0.4, 0.5) is 0 Å². The van der Waals surface area contributed by atoms with Crippen LogP contribution < -0.4 is 5.32 Å². The van der Waals surface area contributed by atoms with Gasteiger partial charge in [0, 0.05) is 82.6 Å². The van der Waals surface area contributed by atoms with Crippen LogP contribution in [-0.4, -0.2) is 190 Å². The number of para-hydroxylation sites is 1. The minimum Gasteiger partial charge on any atom is -0.459 e. The minimum atomic E-state index is -1.76. The molecule has 0 saturated carbocycles. The fourth-order valence-electron chi connectivity index (χ4n) is 18.5. The molecule has 1 spiro atoms. The number of likely N-dealkylation sites (N-methyl/N-ethyl adjacent to an activating group) is 1. The summed E-state index contributed by atoms with van der Waals surface area (Å²) >= 11 is 0. The van der Waals surface area contributed by atoms with Gasteiger partial charge in [0.25, 0.3) is 0 Å². The number of aromatic nitrogens is 1. The number of aliphatic hydroxyl groups excluding tert-OH is 2. The number of hydrogen-bond donors (Lipinski definition) is 5. The zero-order valence-electron chi connectivity index (χ0n) is 63.4. The third kappa shape index (κ3) is 18.2. The number of ether oxygens (including phenoxy) is 9. The van der Waals surface area contributed by atoms with Gasteiger partial charge in [-0.1, -0.05) is 120 Å². The Kier molecular flexibility index (Phi) is 27.3. The van der Waals surface area contributed by atoms with Gasteiger partial charge in [0.15, 0.2) is 12.1 Å². The molecule has 0 amide bonds. The minimum absolute atomic E-state index is 0.00645. The fourth-order valence-corrected chi connectivity index (χ4v) is 18.5. The Morgan fingerprint density at radius 1 is 0.729 bits per heavy atom. The van der Waals surface area contributed by atoms with Crippen molar-refractivity contribution >= 4 is 34.7 Å². The van der Waals surface area contributed by atoms with Gasteiger partial charge in [-0.15, -0.1) is 0 Å². The second-order valence-electron chi connectivity index (χ2n) is 33.2. The van der Waals surface area contributed by atoms with E-state index in [-0.39, 0.29) is 71.7 Å². The summed E-state index contributed by atoms with van der Waals surface area (Å²) in [5.74, 6) is -4.72. The Bertz CT molecular complexity index is 2880. The van der Waals surface area contributed by atoms with Crippen molar-refractivity contribution in [2.75, 3.05) is 47.5 Å². The summed E-state index contributed by atoms with van der Waals surface area (Å²) in [4.78, 5) is 49.5. The number of aliphatic hydroxyl groups is 4. The van der Waals surface area contributed by atoms with Crippen LogP contribution in [0.25, 0.3) is 17.0 Å². The van der Waals surface area contributed by atoms with Gasteiger partial charge < -0.3 is 73.3 Å². The molecule has 0 aliphatic carbocycles. The highest BCUT2D eigenvalue weighted by Crippen LogP contribution is 2.54. The Hall–Kier alpha value is -3.54. The van der Waals surface area contributed by atoms with E-state index in [0.717, 1.165) is 42.5 Å². The molecule has 5 aliphatic rings. The standard InChI is InChI=1S/C46H71NO10.C31H58N2O6/c1-15-35-46(12,51)41(54-22-18-19-32-23-33-20-16-17-21-34(33)47-26-32)28(3)37(48)27(2)24-44(10,52-13)39(43(7,8)9)29(4)38(30(5)42(50)56-35)57-36-25-45(11,53-14)40(49)31(6)55-36;1-12-23-30(10,36)26(34)22(5)33(11)18-19(2)17-29(9)25(28(6,7)8)20(3)24(21(4)27(35)37-23)38-31(39-29)13-15-32-16-14-31/h16-21,23,26-31,35-36,38-41,49,51H,15,22,24-25H2,1-14H3;19-26,32,34,36H,12-18H2,1-11H3/b19-18+;/t27-,28+,29+,30-,31+,35-,36+,38+,39+,40+,41-,44-,45-,46-;19-,20+,21-,22-,23-,24+,25+,26-,29+,30-/m11/s1. The number of hydrogen-bond acceptors (Lipinski definition) is 19. The molecule has 5 N–H and O–H groups in total. The maximum absolute atomic E-state index is 14.6. The molecule has 7 rings (SSSR count). The molecule has 5 saturated heterocycles. The van der Waals surface area contributed by atoms with E-state index in [1.54, 1.807) is 55.0 Å². The fraction of sp³-hybridized carbons (Fsp3) is 0.818. The molecule has 96 heavy (non-hydrogen) atoms. The third-order valence-corrected chi connectivity index (χ3v) is 23.0. The Labute approximate surface area is 576 Å². The maximum Gasteiger partial charge on any atom is 0.311 e. The highest BCUT2D eigenvalue weighted by molar-refractivity contribution is 5.84.